The van der Waals surface area contributed by atoms with Gasteiger partial charge in [-0.15, -0.1) is 23.5 Å². The summed E-state index contributed by atoms with van der Waals surface area (Å²) in [6.45, 7) is 1.99. The Hall–Kier alpha value is -6.40. The lowest BCUT2D eigenvalue weighted by Crippen LogP contribution is -2.53. The van der Waals surface area contributed by atoms with Gasteiger partial charge in [-0.2, -0.15) is 0 Å². The van der Waals surface area contributed by atoms with E-state index in [2.05, 4.69) is 88.7 Å². The third-order valence-corrected chi connectivity index (χ3v) is 17.2. The molecule has 0 heterocycles. The smallest absolute Gasteiger partial charge is 0.244 e. The van der Waals surface area contributed by atoms with E-state index in [1.807, 2.05) is 115 Å². The molecule has 0 aliphatic heterocycles. The first-order valence-electron chi connectivity index (χ1n) is 23.4. The number of thioether (sulfide) groups is 2. The molecule has 7 aromatic carbocycles. The molecule has 0 aromatic heterocycles. The number of hydrogen-bond acceptors (Lipinski definition) is 7. The zero-order valence-electron chi connectivity index (χ0n) is 38.8. The molecule has 1 unspecified atom stereocenters. The van der Waals surface area contributed by atoms with Gasteiger partial charge in [0.1, 0.15) is 6.04 Å². The second-order valence-electron chi connectivity index (χ2n) is 16.8. The Kier molecular flexibility index (Phi) is 18.1. The first-order chi connectivity index (χ1) is 33.6. The first kappa shape index (κ1) is 50.5. The summed E-state index contributed by atoms with van der Waals surface area (Å²) in [5.74, 6) is -0.948. The second kappa shape index (κ2) is 24.8. The largest absolute Gasteiger partial charge is 0.354 e. The molecule has 354 valence electrons. The standard InChI is InChI=1S/C58H59N3O5S3/c1-45-26-22-23-39-53(45)69(65,66)41-25-3-2-24-40-59-56(64)52(61-55(63)44-68-58(49-33-16-7-17-34-49,50-35-18-8-19-36-50)51-37-20-9-21-38-51)42-60-54(62)43-67-57(46-27-10-4-11-28-46,47-29-12-5-13-30-47)48-31-14-6-15-32-48/h4-23,26-39,52H,2-3,24-25,40-44H2,1H3,(H,59,64)(H,60,62)(H,61,63). The van der Waals surface area contributed by atoms with Gasteiger partial charge in [0, 0.05) is 13.1 Å². The summed E-state index contributed by atoms with van der Waals surface area (Å²) in [4.78, 5) is 42.7. The highest BCUT2D eigenvalue weighted by Gasteiger charge is 2.39. The maximum absolute atomic E-state index is 14.2. The van der Waals surface area contributed by atoms with E-state index in [1.54, 1.807) is 25.1 Å². The van der Waals surface area contributed by atoms with Gasteiger partial charge in [0.05, 0.1) is 31.6 Å². The Bertz CT molecular complexity index is 2630. The summed E-state index contributed by atoms with van der Waals surface area (Å²) >= 11 is 2.97. The van der Waals surface area contributed by atoms with Gasteiger partial charge >= 0.3 is 0 Å². The van der Waals surface area contributed by atoms with Crippen molar-refractivity contribution in [2.75, 3.05) is 30.3 Å². The Morgan fingerprint density at radius 3 is 1.23 bits per heavy atom. The van der Waals surface area contributed by atoms with Crippen LogP contribution in [0.2, 0.25) is 0 Å². The SMILES string of the molecule is Cc1ccccc1S(=O)(=O)CCCCCCNC(=O)C(CNC(=O)CSC(c1ccccc1)(c1ccccc1)c1ccccc1)NC(=O)CSC(c1ccccc1)(c1ccccc1)c1ccccc1. The number of amides is 3. The van der Waals surface area contributed by atoms with E-state index in [0.717, 1.165) is 38.9 Å². The molecule has 0 saturated carbocycles. The predicted molar refractivity (Wildman–Crippen MR) is 283 cm³/mol. The number of nitrogens with one attached hydrogen (secondary N) is 3. The summed E-state index contributed by atoms with van der Waals surface area (Å²) in [7, 11) is -3.40. The molecule has 0 bridgehead atoms. The van der Waals surface area contributed by atoms with Crippen LogP contribution in [0.15, 0.2) is 211 Å². The molecule has 7 aromatic rings. The molecule has 7 rings (SSSR count). The molecule has 3 amide bonds. The molecule has 1 atom stereocenters. The van der Waals surface area contributed by atoms with Crippen molar-refractivity contribution < 1.29 is 22.8 Å². The van der Waals surface area contributed by atoms with E-state index in [4.69, 9.17) is 0 Å². The Balaban J connectivity index is 1.06. The third-order valence-electron chi connectivity index (χ3n) is 12.1. The Labute approximate surface area is 416 Å². The van der Waals surface area contributed by atoms with Crippen LogP contribution in [-0.4, -0.2) is 62.5 Å². The van der Waals surface area contributed by atoms with Crippen molar-refractivity contribution in [3.63, 3.8) is 0 Å². The van der Waals surface area contributed by atoms with E-state index in [9.17, 15) is 22.8 Å². The Morgan fingerprint density at radius 2 is 0.826 bits per heavy atom. The van der Waals surface area contributed by atoms with Crippen molar-refractivity contribution in [1.82, 2.24) is 16.0 Å². The Morgan fingerprint density at radius 1 is 0.464 bits per heavy atom. The molecule has 0 aliphatic carbocycles. The van der Waals surface area contributed by atoms with Crippen LogP contribution in [0.1, 0.15) is 64.6 Å². The van der Waals surface area contributed by atoms with Gasteiger partial charge in [-0.25, -0.2) is 8.42 Å². The van der Waals surface area contributed by atoms with Gasteiger partial charge in [-0.1, -0.05) is 213 Å². The highest BCUT2D eigenvalue weighted by molar-refractivity contribution is 8.01. The molecule has 0 saturated heterocycles. The van der Waals surface area contributed by atoms with E-state index in [1.165, 1.54) is 23.5 Å². The highest BCUT2D eigenvalue weighted by atomic mass is 32.2. The molecule has 8 nitrogen and oxygen atoms in total. The van der Waals surface area contributed by atoms with E-state index in [-0.39, 0.29) is 35.6 Å². The maximum Gasteiger partial charge on any atom is 0.244 e. The molecule has 0 spiro atoms. The van der Waals surface area contributed by atoms with Crippen LogP contribution >= 0.6 is 23.5 Å². The van der Waals surface area contributed by atoms with Crippen LogP contribution in [0.3, 0.4) is 0 Å². The minimum Gasteiger partial charge on any atom is -0.354 e. The first-order valence-corrected chi connectivity index (χ1v) is 27.0. The average Bonchev–Trinajstić information content (AvgIpc) is 3.39. The van der Waals surface area contributed by atoms with Gasteiger partial charge in [-0.05, 0) is 64.8 Å². The number of aryl methyl sites for hydroxylation is 1. The summed E-state index contributed by atoms with van der Waals surface area (Å²) in [5, 5.41) is 8.97. The number of carbonyl (C=O) groups is 3. The molecule has 0 fully saturated rings. The average molecular weight is 974 g/mol. The summed E-state index contributed by atoms with van der Waals surface area (Å²) in [5.41, 5.74) is 6.81. The van der Waals surface area contributed by atoms with Crippen LogP contribution in [0.4, 0.5) is 0 Å². The fourth-order valence-corrected chi connectivity index (χ4v) is 13.1. The lowest BCUT2D eigenvalue weighted by Gasteiger charge is -2.35. The van der Waals surface area contributed by atoms with Crippen molar-refractivity contribution >= 4 is 51.1 Å². The summed E-state index contributed by atoms with van der Waals surface area (Å²) < 4.78 is 24.5. The van der Waals surface area contributed by atoms with Crippen molar-refractivity contribution in [1.29, 1.82) is 0 Å². The molecular weight excluding hydrogens is 915 g/mol. The fraction of sp³-hybridized carbons (Fsp3) is 0.224. The van der Waals surface area contributed by atoms with Crippen molar-refractivity contribution in [2.24, 2.45) is 0 Å². The van der Waals surface area contributed by atoms with Crippen molar-refractivity contribution in [2.45, 2.75) is 53.0 Å². The second-order valence-corrected chi connectivity index (χ2v) is 21.3. The predicted octanol–water partition coefficient (Wildman–Crippen LogP) is 10.5. The molecule has 3 N–H and O–H groups in total. The molecule has 11 heteroatoms. The zero-order chi connectivity index (χ0) is 48.4. The lowest BCUT2D eigenvalue weighted by molar-refractivity contribution is -0.128. The van der Waals surface area contributed by atoms with E-state index < -0.39 is 31.3 Å². The van der Waals surface area contributed by atoms with Gasteiger partial charge in [0.2, 0.25) is 17.7 Å². The number of hydrogen-bond donors (Lipinski definition) is 3. The van der Waals surface area contributed by atoms with Gasteiger partial charge in [0.15, 0.2) is 9.84 Å². The monoisotopic (exact) mass is 973 g/mol. The number of rotatable bonds is 24. The normalized spacial score (nSPS) is 12.1. The number of benzene rings is 7. The minimum atomic E-state index is -3.40. The van der Waals surface area contributed by atoms with Crippen LogP contribution in [-0.2, 0) is 33.7 Å². The molecular formula is C58H59N3O5S3. The lowest BCUT2D eigenvalue weighted by atomic mass is 9.84. The number of sulfone groups is 1. The van der Waals surface area contributed by atoms with Crippen LogP contribution in [0.5, 0.6) is 0 Å². The number of carbonyl (C=O) groups excluding carboxylic acids is 3. The topological polar surface area (TPSA) is 121 Å². The van der Waals surface area contributed by atoms with Gasteiger partial charge in [-0.3, -0.25) is 14.4 Å². The zero-order valence-corrected chi connectivity index (χ0v) is 41.3. The quantitative estimate of drug-likeness (QED) is 0.0407. The van der Waals surface area contributed by atoms with E-state index >= 15 is 0 Å². The van der Waals surface area contributed by atoms with E-state index in [0.29, 0.717) is 37.1 Å². The maximum atomic E-state index is 14.2. The highest BCUT2D eigenvalue weighted by Crippen LogP contribution is 2.49. The summed E-state index contributed by atoms with van der Waals surface area (Å²) in [6, 6.07) is 66.7. The van der Waals surface area contributed by atoms with Gasteiger partial charge < -0.3 is 16.0 Å². The summed E-state index contributed by atoms with van der Waals surface area (Å²) in [6.07, 6.45) is 2.50. The molecule has 69 heavy (non-hydrogen) atoms. The third kappa shape index (κ3) is 12.8. The van der Waals surface area contributed by atoms with Crippen LogP contribution < -0.4 is 16.0 Å². The van der Waals surface area contributed by atoms with Crippen molar-refractivity contribution in [3.05, 3.63) is 245 Å². The fourth-order valence-electron chi connectivity index (χ4n) is 8.72. The van der Waals surface area contributed by atoms with Crippen molar-refractivity contribution in [3.8, 4) is 0 Å². The van der Waals surface area contributed by atoms with Crippen LogP contribution in [0.25, 0.3) is 0 Å². The molecule has 0 aliphatic rings. The van der Waals surface area contributed by atoms with Crippen LogP contribution in [0, 0.1) is 6.92 Å². The minimum absolute atomic E-state index is 0.00538. The number of unbranched alkanes of at least 4 members (excludes halogenated alkanes) is 3. The molecule has 0 radical (unpaired) electrons. The van der Waals surface area contributed by atoms with Gasteiger partial charge in [0.25, 0.3) is 0 Å².